The Morgan fingerprint density at radius 3 is 2.63 bits per heavy atom. The van der Waals surface area contributed by atoms with Crippen LogP contribution >= 0.6 is 0 Å². The number of anilines is 1. The molecule has 2 atom stereocenters. The van der Waals surface area contributed by atoms with Gasteiger partial charge in [-0.2, -0.15) is 0 Å². The second-order valence-corrected chi connectivity index (χ2v) is 10.1. The first-order chi connectivity index (χ1) is 14.1. The van der Waals surface area contributed by atoms with E-state index in [1.807, 2.05) is 20.8 Å². The maximum absolute atomic E-state index is 14.8. The average Bonchev–Trinajstić information content (AvgIpc) is 2.72. The third-order valence-electron chi connectivity index (χ3n) is 5.22. The minimum absolute atomic E-state index is 0.223. The Kier molecular flexibility index (Phi) is 5.94. The number of aliphatic imine (C=N–C) groups is 1. The fourth-order valence-electron chi connectivity index (χ4n) is 3.28. The van der Waals surface area contributed by atoms with E-state index in [2.05, 4.69) is 19.7 Å². The zero-order valence-corrected chi connectivity index (χ0v) is 18.5. The quantitative estimate of drug-likeness (QED) is 0.775. The predicted octanol–water partition coefficient (Wildman–Crippen LogP) is 3.28. The van der Waals surface area contributed by atoms with Crippen LogP contribution in [0.3, 0.4) is 0 Å². The first-order valence-corrected chi connectivity index (χ1v) is 10.7. The van der Waals surface area contributed by atoms with E-state index in [0.717, 1.165) is 0 Å². The lowest BCUT2D eigenvalue weighted by molar-refractivity contribution is 0.102. The summed E-state index contributed by atoms with van der Waals surface area (Å²) in [6.45, 7) is 5.84. The van der Waals surface area contributed by atoms with Crippen molar-refractivity contribution in [2.45, 2.75) is 31.1 Å². The second kappa shape index (κ2) is 8.14. The van der Waals surface area contributed by atoms with E-state index >= 15 is 0 Å². The molecule has 0 saturated carbocycles. The molecule has 1 amide bonds. The van der Waals surface area contributed by atoms with Gasteiger partial charge in [-0.3, -0.25) is 14.1 Å². The van der Waals surface area contributed by atoms with E-state index in [9.17, 15) is 9.18 Å². The van der Waals surface area contributed by atoms with Gasteiger partial charge in [-0.05, 0) is 51.1 Å². The number of hydrogen-bond acceptors (Lipinski definition) is 6. The Morgan fingerprint density at radius 2 is 2.03 bits per heavy atom. The molecule has 0 saturated heterocycles. The first kappa shape index (κ1) is 21.9. The Hall–Kier alpha value is -2.81. The molecule has 3 rings (SSSR count). The molecule has 2 aromatic rings. The second-order valence-electron chi connectivity index (χ2n) is 7.70. The van der Waals surface area contributed by atoms with Gasteiger partial charge in [-0.15, -0.1) is 0 Å². The van der Waals surface area contributed by atoms with Gasteiger partial charge in [-0.25, -0.2) is 9.37 Å². The van der Waals surface area contributed by atoms with Crippen molar-refractivity contribution in [2.24, 2.45) is 15.1 Å². The van der Waals surface area contributed by atoms with Crippen molar-refractivity contribution >= 4 is 28.1 Å². The smallest absolute Gasteiger partial charge is 0.274 e. The van der Waals surface area contributed by atoms with Crippen molar-refractivity contribution in [3.05, 3.63) is 53.6 Å². The highest BCUT2D eigenvalue weighted by Gasteiger charge is 2.42. The summed E-state index contributed by atoms with van der Waals surface area (Å²) in [6.07, 6.45) is 1.46. The summed E-state index contributed by atoms with van der Waals surface area (Å²) in [6, 6.07) is 7.64. The number of rotatable bonds is 4. The fraction of sp³-hybridized carbons (Fsp3) is 0.381. The van der Waals surface area contributed by atoms with E-state index < -0.39 is 28.0 Å². The number of methoxy groups -OCH3 is 1. The minimum Gasteiger partial charge on any atom is -0.495 e. The molecule has 1 unspecified atom stereocenters. The maximum Gasteiger partial charge on any atom is 0.274 e. The molecule has 0 aliphatic carbocycles. The van der Waals surface area contributed by atoms with Gasteiger partial charge in [0.15, 0.2) is 0 Å². The van der Waals surface area contributed by atoms with Crippen LogP contribution < -0.4 is 15.8 Å². The van der Waals surface area contributed by atoms with Gasteiger partial charge in [0, 0.05) is 24.1 Å². The lowest BCUT2D eigenvalue weighted by atomic mass is 9.92. The van der Waals surface area contributed by atoms with E-state index in [4.69, 9.17) is 10.5 Å². The summed E-state index contributed by atoms with van der Waals surface area (Å²) in [7, 11) is 2.85. The third-order valence-corrected chi connectivity index (χ3v) is 7.88. The number of nitrogens with zero attached hydrogens (tertiary/aromatic N) is 3. The SMILES string of the molecule is CN=S1C[C@@](C)(c2cc(NC(=O)c3ccc(OC)cn3)ccc2F)N=C(N)C1(C)C. The van der Waals surface area contributed by atoms with Crippen molar-refractivity contribution < 1.29 is 13.9 Å². The highest BCUT2D eigenvalue weighted by molar-refractivity contribution is 7.89. The van der Waals surface area contributed by atoms with Crippen molar-refractivity contribution in [1.82, 2.24) is 4.98 Å². The number of amides is 1. The van der Waals surface area contributed by atoms with Crippen molar-refractivity contribution in [2.75, 3.05) is 25.2 Å². The molecule has 1 aromatic heterocycles. The number of benzene rings is 1. The Morgan fingerprint density at radius 1 is 1.30 bits per heavy atom. The molecule has 1 aromatic carbocycles. The van der Waals surface area contributed by atoms with Crippen LogP contribution in [0.1, 0.15) is 36.8 Å². The number of halogens is 1. The van der Waals surface area contributed by atoms with Gasteiger partial charge in [0.2, 0.25) is 0 Å². The third kappa shape index (κ3) is 4.07. The van der Waals surface area contributed by atoms with Gasteiger partial charge in [-0.1, -0.05) is 10.7 Å². The molecule has 30 heavy (non-hydrogen) atoms. The van der Waals surface area contributed by atoms with E-state index in [0.29, 0.717) is 28.6 Å². The zero-order chi connectivity index (χ0) is 22.1. The highest BCUT2D eigenvalue weighted by Crippen LogP contribution is 2.37. The molecule has 0 spiro atoms. The van der Waals surface area contributed by atoms with Crippen LogP contribution in [-0.4, -0.2) is 41.4 Å². The number of ether oxygens (including phenoxy) is 1. The normalized spacial score (nSPS) is 23.0. The van der Waals surface area contributed by atoms with E-state index in [-0.39, 0.29) is 10.4 Å². The molecular weight excluding hydrogens is 405 g/mol. The topological polar surface area (TPSA) is 102 Å². The zero-order valence-electron chi connectivity index (χ0n) is 17.7. The molecule has 160 valence electrons. The molecule has 3 N–H and O–H groups in total. The van der Waals surface area contributed by atoms with E-state index in [1.54, 1.807) is 25.2 Å². The molecule has 2 heterocycles. The summed E-state index contributed by atoms with van der Waals surface area (Å²) in [5, 5.41) is 2.76. The Bertz CT molecular complexity index is 1040. The molecule has 1 aliphatic rings. The molecule has 7 nitrogen and oxygen atoms in total. The van der Waals surface area contributed by atoms with Crippen LogP contribution in [0.2, 0.25) is 0 Å². The van der Waals surface area contributed by atoms with Gasteiger partial charge in [0.1, 0.15) is 23.1 Å². The molecule has 0 radical (unpaired) electrons. The van der Waals surface area contributed by atoms with Crippen LogP contribution in [0.25, 0.3) is 0 Å². The number of nitrogens with two attached hydrogens (primary N) is 1. The van der Waals surface area contributed by atoms with Crippen LogP contribution in [0.15, 0.2) is 45.9 Å². The lowest BCUT2D eigenvalue weighted by Crippen LogP contribution is -2.51. The minimum atomic E-state index is -0.884. The van der Waals surface area contributed by atoms with Crippen molar-refractivity contribution in [3.8, 4) is 5.75 Å². The van der Waals surface area contributed by atoms with Crippen molar-refractivity contribution in [3.63, 3.8) is 0 Å². The van der Waals surface area contributed by atoms with Gasteiger partial charge in [0.25, 0.3) is 5.91 Å². The summed E-state index contributed by atoms with van der Waals surface area (Å²) in [5.41, 5.74) is 6.40. The number of pyridine rings is 1. The summed E-state index contributed by atoms with van der Waals surface area (Å²) in [4.78, 5) is 21.3. The van der Waals surface area contributed by atoms with Crippen LogP contribution in [0, 0.1) is 5.82 Å². The van der Waals surface area contributed by atoms with Gasteiger partial charge < -0.3 is 15.8 Å². The fourth-order valence-corrected chi connectivity index (χ4v) is 5.26. The largest absolute Gasteiger partial charge is 0.495 e. The first-order valence-electron chi connectivity index (χ1n) is 9.39. The van der Waals surface area contributed by atoms with Crippen LogP contribution in [0.5, 0.6) is 5.75 Å². The van der Waals surface area contributed by atoms with Crippen LogP contribution in [0.4, 0.5) is 10.1 Å². The monoisotopic (exact) mass is 431 g/mol. The lowest BCUT2D eigenvalue weighted by Gasteiger charge is -2.40. The Balaban J connectivity index is 1.93. The number of hydrogen-bond donors (Lipinski definition) is 2. The van der Waals surface area contributed by atoms with E-state index in [1.165, 1.54) is 25.4 Å². The molecule has 1 aliphatic heterocycles. The molecular formula is C21H26FN5O2S. The average molecular weight is 432 g/mol. The number of carbonyl (C=O) groups excluding carboxylic acids is 1. The molecule has 0 bridgehead atoms. The number of amidine groups is 1. The Labute approximate surface area is 178 Å². The summed E-state index contributed by atoms with van der Waals surface area (Å²) >= 11 is 0. The maximum atomic E-state index is 14.8. The molecule has 9 heteroatoms. The molecule has 0 fully saturated rings. The number of aromatic nitrogens is 1. The number of nitrogens with one attached hydrogen (secondary N) is 1. The number of carbonyl (C=O) groups is 1. The van der Waals surface area contributed by atoms with Crippen LogP contribution in [-0.2, 0) is 16.2 Å². The van der Waals surface area contributed by atoms with Crippen molar-refractivity contribution in [1.29, 1.82) is 0 Å². The standard InChI is InChI=1S/C21H26FN5O2S/c1-20(2)19(23)27-21(3,12-30(20)24-4)15-10-13(6-8-16(15)22)26-18(28)17-9-7-14(29-5)11-25-17/h6-11H,12H2,1-5H3,(H2,23,27)(H,26,28)/t21-,30?/m0/s1. The summed E-state index contributed by atoms with van der Waals surface area (Å²) < 4.78 is 24.0. The van der Waals surface area contributed by atoms with Gasteiger partial charge in [0.05, 0.1) is 23.6 Å². The summed E-state index contributed by atoms with van der Waals surface area (Å²) in [5.74, 6) is 0.716. The predicted molar refractivity (Wildman–Crippen MR) is 119 cm³/mol. The highest BCUT2D eigenvalue weighted by atomic mass is 32.2. The van der Waals surface area contributed by atoms with Gasteiger partial charge >= 0.3 is 0 Å².